The third kappa shape index (κ3) is 3.06. The van der Waals surface area contributed by atoms with E-state index in [2.05, 4.69) is 10.3 Å². The molecule has 0 atom stereocenters. The van der Waals surface area contributed by atoms with E-state index in [1.807, 2.05) is 25.1 Å². The summed E-state index contributed by atoms with van der Waals surface area (Å²) in [6.07, 6.45) is 1.67. The molecule has 5 heteroatoms. The van der Waals surface area contributed by atoms with E-state index in [9.17, 15) is 4.79 Å². The van der Waals surface area contributed by atoms with E-state index < -0.39 is 0 Å². The molecule has 1 aromatic carbocycles. The van der Waals surface area contributed by atoms with Crippen molar-refractivity contribution in [3.8, 4) is 5.88 Å². The fraction of sp³-hybridized carbons (Fsp3) is 0.200. The molecule has 20 heavy (non-hydrogen) atoms. The Hall–Kier alpha value is -2.56. The molecule has 0 aliphatic carbocycles. The molecule has 0 saturated carbocycles. The molecule has 0 aliphatic rings. The minimum atomic E-state index is -0.184. The number of hydrogen-bond acceptors (Lipinski definition) is 4. The van der Waals surface area contributed by atoms with Gasteiger partial charge in [0.1, 0.15) is 0 Å². The Balaban J connectivity index is 2.05. The van der Waals surface area contributed by atoms with E-state index in [1.165, 1.54) is 0 Å². The quantitative estimate of drug-likeness (QED) is 0.833. The molecule has 0 unspecified atom stereocenters. The number of rotatable bonds is 4. The van der Waals surface area contributed by atoms with Gasteiger partial charge >= 0.3 is 0 Å². The highest BCUT2D eigenvalue weighted by Crippen LogP contribution is 2.16. The molecule has 1 aromatic heterocycles. The number of carbonyl (C=O) groups is 1. The smallest absolute Gasteiger partial charge is 0.253 e. The molecule has 104 valence electrons. The number of nitrogens with zero attached hydrogens (tertiary/aromatic N) is 1. The van der Waals surface area contributed by atoms with Crippen molar-refractivity contribution < 1.29 is 9.53 Å². The van der Waals surface area contributed by atoms with Crippen LogP contribution in [0.4, 0.5) is 5.69 Å². The summed E-state index contributed by atoms with van der Waals surface area (Å²) < 4.78 is 4.98. The normalized spacial score (nSPS) is 10.1. The molecular formula is C15H17N3O2. The van der Waals surface area contributed by atoms with Crippen LogP contribution in [-0.2, 0) is 6.54 Å². The van der Waals surface area contributed by atoms with Crippen LogP contribution >= 0.6 is 0 Å². The number of aromatic nitrogens is 1. The maximum absolute atomic E-state index is 12.1. The largest absolute Gasteiger partial charge is 0.481 e. The van der Waals surface area contributed by atoms with E-state index in [1.54, 1.807) is 25.4 Å². The summed E-state index contributed by atoms with van der Waals surface area (Å²) in [6, 6.07) is 9.02. The molecule has 0 fully saturated rings. The van der Waals surface area contributed by atoms with Gasteiger partial charge in [0.05, 0.1) is 12.7 Å². The Morgan fingerprint density at radius 3 is 2.75 bits per heavy atom. The lowest BCUT2D eigenvalue weighted by Crippen LogP contribution is -2.24. The van der Waals surface area contributed by atoms with Gasteiger partial charge in [-0.05, 0) is 24.1 Å². The molecule has 3 N–H and O–H groups in total. The number of methoxy groups -OCH3 is 1. The molecule has 5 nitrogen and oxygen atoms in total. The standard InChI is InChI=1S/C15H17N3O2/c1-10-4-3-5-12(16)14(10)15(19)18-9-11-6-7-13(20-2)17-8-11/h3-8H,9,16H2,1-2H3,(H,18,19). The second-order valence-electron chi connectivity index (χ2n) is 4.43. The van der Waals surface area contributed by atoms with Gasteiger partial charge in [0.15, 0.2) is 0 Å². The summed E-state index contributed by atoms with van der Waals surface area (Å²) in [5.41, 5.74) is 8.59. The summed E-state index contributed by atoms with van der Waals surface area (Å²) in [6.45, 7) is 2.25. The Bertz CT molecular complexity index is 589. The maximum Gasteiger partial charge on any atom is 0.253 e. The predicted octanol–water partition coefficient (Wildman–Crippen LogP) is 1.91. The number of nitrogens with two attached hydrogens (primary N) is 1. The van der Waals surface area contributed by atoms with E-state index in [0.29, 0.717) is 23.7 Å². The molecule has 0 radical (unpaired) electrons. The topological polar surface area (TPSA) is 77.2 Å². The molecular weight excluding hydrogens is 254 g/mol. The Morgan fingerprint density at radius 1 is 1.35 bits per heavy atom. The van der Waals surface area contributed by atoms with Gasteiger partial charge < -0.3 is 15.8 Å². The van der Waals surface area contributed by atoms with Crippen molar-refractivity contribution in [3.63, 3.8) is 0 Å². The molecule has 2 aromatic rings. The number of carbonyl (C=O) groups excluding carboxylic acids is 1. The minimum Gasteiger partial charge on any atom is -0.481 e. The molecule has 1 amide bonds. The number of amides is 1. The van der Waals surface area contributed by atoms with Gasteiger partial charge in [-0.25, -0.2) is 4.98 Å². The monoisotopic (exact) mass is 271 g/mol. The van der Waals surface area contributed by atoms with E-state index >= 15 is 0 Å². The van der Waals surface area contributed by atoms with Crippen molar-refractivity contribution in [2.75, 3.05) is 12.8 Å². The first-order chi connectivity index (χ1) is 9.61. The van der Waals surface area contributed by atoms with Gasteiger partial charge in [0.25, 0.3) is 5.91 Å². The fourth-order valence-electron chi connectivity index (χ4n) is 1.91. The first-order valence-corrected chi connectivity index (χ1v) is 6.24. The highest BCUT2D eigenvalue weighted by Gasteiger charge is 2.11. The lowest BCUT2D eigenvalue weighted by atomic mass is 10.1. The van der Waals surface area contributed by atoms with Crippen molar-refractivity contribution >= 4 is 11.6 Å². The van der Waals surface area contributed by atoms with Crippen LogP contribution < -0.4 is 15.8 Å². The SMILES string of the molecule is COc1ccc(CNC(=O)c2c(C)cccc2N)cn1. The van der Waals surface area contributed by atoms with Crippen LogP contribution in [0.15, 0.2) is 36.5 Å². The summed E-state index contributed by atoms with van der Waals surface area (Å²) in [5, 5.41) is 2.83. The molecule has 2 rings (SSSR count). The predicted molar refractivity (Wildman–Crippen MR) is 77.6 cm³/mol. The lowest BCUT2D eigenvalue weighted by molar-refractivity contribution is 0.0951. The third-order valence-electron chi connectivity index (χ3n) is 2.99. The Morgan fingerprint density at radius 2 is 2.15 bits per heavy atom. The number of pyridine rings is 1. The van der Waals surface area contributed by atoms with Crippen LogP contribution in [0.2, 0.25) is 0 Å². The van der Waals surface area contributed by atoms with Crippen LogP contribution in [0.3, 0.4) is 0 Å². The number of nitrogen functional groups attached to an aromatic ring is 1. The fourth-order valence-corrected chi connectivity index (χ4v) is 1.91. The number of anilines is 1. The zero-order valence-electron chi connectivity index (χ0n) is 11.5. The highest BCUT2D eigenvalue weighted by molar-refractivity contribution is 6.00. The van der Waals surface area contributed by atoms with Crippen molar-refractivity contribution in [3.05, 3.63) is 53.2 Å². The van der Waals surface area contributed by atoms with Gasteiger partial charge in [0.2, 0.25) is 5.88 Å². The van der Waals surface area contributed by atoms with Crippen molar-refractivity contribution in [2.24, 2.45) is 0 Å². The average Bonchev–Trinajstić information content (AvgIpc) is 2.45. The first kappa shape index (κ1) is 13.9. The maximum atomic E-state index is 12.1. The zero-order chi connectivity index (χ0) is 14.5. The summed E-state index contributed by atoms with van der Waals surface area (Å²) in [4.78, 5) is 16.2. The zero-order valence-corrected chi connectivity index (χ0v) is 11.5. The van der Waals surface area contributed by atoms with Crippen LogP contribution in [0, 0.1) is 6.92 Å². The second kappa shape index (κ2) is 6.06. The van der Waals surface area contributed by atoms with Crippen LogP contribution in [0.25, 0.3) is 0 Å². The van der Waals surface area contributed by atoms with Gasteiger partial charge in [-0.1, -0.05) is 18.2 Å². The number of aryl methyl sites for hydroxylation is 1. The van der Waals surface area contributed by atoms with Crippen LogP contribution in [0.1, 0.15) is 21.5 Å². The van der Waals surface area contributed by atoms with Gasteiger partial charge in [-0.2, -0.15) is 0 Å². The molecule has 0 saturated heterocycles. The molecule has 0 spiro atoms. The number of hydrogen-bond donors (Lipinski definition) is 2. The number of ether oxygens (including phenoxy) is 1. The number of nitrogens with one attached hydrogen (secondary N) is 1. The van der Waals surface area contributed by atoms with Gasteiger partial charge in [-0.3, -0.25) is 4.79 Å². The highest BCUT2D eigenvalue weighted by atomic mass is 16.5. The van der Waals surface area contributed by atoms with Crippen molar-refractivity contribution in [1.82, 2.24) is 10.3 Å². The Kier molecular flexibility index (Phi) is 4.20. The summed E-state index contributed by atoms with van der Waals surface area (Å²) >= 11 is 0. The molecule has 0 bridgehead atoms. The van der Waals surface area contributed by atoms with Gasteiger partial charge in [-0.15, -0.1) is 0 Å². The van der Waals surface area contributed by atoms with E-state index in [-0.39, 0.29) is 5.91 Å². The minimum absolute atomic E-state index is 0.184. The Labute approximate surface area is 117 Å². The first-order valence-electron chi connectivity index (χ1n) is 6.24. The lowest BCUT2D eigenvalue weighted by Gasteiger charge is -2.10. The van der Waals surface area contributed by atoms with Crippen molar-refractivity contribution in [2.45, 2.75) is 13.5 Å². The third-order valence-corrected chi connectivity index (χ3v) is 2.99. The number of benzene rings is 1. The molecule has 0 aliphatic heterocycles. The van der Waals surface area contributed by atoms with Crippen LogP contribution in [0.5, 0.6) is 5.88 Å². The second-order valence-corrected chi connectivity index (χ2v) is 4.43. The molecule has 1 heterocycles. The van der Waals surface area contributed by atoms with Crippen LogP contribution in [-0.4, -0.2) is 18.0 Å². The van der Waals surface area contributed by atoms with E-state index in [4.69, 9.17) is 10.5 Å². The van der Waals surface area contributed by atoms with Crippen molar-refractivity contribution in [1.29, 1.82) is 0 Å². The van der Waals surface area contributed by atoms with E-state index in [0.717, 1.165) is 11.1 Å². The average molecular weight is 271 g/mol. The summed E-state index contributed by atoms with van der Waals surface area (Å²) in [7, 11) is 1.56. The summed E-state index contributed by atoms with van der Waals surface area (Å²) in [5.74, 6) is 0.361. The van der Waals surface area contributed by atoms with Gasteiger partial charge in [0, 0.05) is 24.5 Å².